The summed E-state index contributed by atoms with van der Waals surface area (Å²) in [5.74, 6) is 0.384. The van der Waals surface area contributed by atoms with Crippen LogP contribution >= 0.6 is 11.6 Å². The molecule has 0 aliphatic heterocycles. The Kier molecular flexibility index (Phi) is 4.00. The molecule has 1 aromatic heterocycles. The second-order valence-electron chi connectivity index (χ2n) is 4.86. The van der Waals surface area contributed by atoms with Crippen LogP contribution in [0.4, 0.5) is 24.7 Å². The summed E-state index contributed by atoms with van der Waals surface area (Å²) >= 11 is 5.81. The van der Waals surface area contributed by atoms with E-state index in [0.29, 0.717) is 22.0 Å². The minimum atomic E-state index is -4.48. The molecule has 3 nitrogen and oxygen atoms in total. The molecule has 23 heavy (non-hydrogen) atoms. The van der Waals surface area contributed by atoms with Gasteiger partial charge in [-0.25, -0.2) is 0 Å². The molecule has 0 atom stereocenters. The van der Waals surface area contributed by atoms with Crippen molar-refractivity contribution in [3.8, 4) is 11.1 Å². The van der Waals surface area contributed by atoms with Gasteiger partial charge in [0.2, 0.25) is 0 Å². The van der Waals surface area contributed by atoms with Crippen LogP contribution in [0.25, 0.3) is 11.1 Å². The first-order chi connectivity index (χ1) is 10.9. The quantitative estimate of drug-likeness (QED) is 0.663. The average Bonchev–Trinajstić information content (AvgIpc) is 3.00. The number of alkyl halides is 3. The molecule has 0 fully saturated rings. The molecule has 0 radical (unpaired) electrons. The lowest BCUT2D eigenvalue weighted by atomic mass is 10.0. The highest BCUT2D eigenvalue weighted by Gasteiger charge is 2.34. The fourth-order valence-corrected chi connectivity index (χ4v) is 2.31. The standard InChI is InChI=1S/C16H11ClF3N3/c17-12-4-1-10(2-5-12)11-3-6-14(13(9-11)16(18,19)20)22-15-7-8-21-23-15/h1-9H,(H2,21,22,23). The summed E-state index contributed by atoms with van der Waals surface area (Å²) in [6.45, 7) is 0. The van der Waals surface area contributed by atoms with Gasteiger partial charge in [-0.15, -0.1) is 0 Å². The zero-order valence-electron chi connectivity index (χ0n) is 11.7. The highest BCUT2D eigenvalue weighted by atomic mass is 35.5. The molecule has 2 aromatic carbocycles. The smallest absolute Gasteiger partial charge is 0.340 e. The number of hydrogen-bond donors (Lipinski definition) is 2. The van der Waals surface area contributed by atoms with Gasteiger partial charge in [-0.3, -0.25) is 5.10 Å². The third-order valence-corrected chi connectivity index (χ3v) is 3.52. The molecule has 118 valence electrons. The average molecular weight is 338 g/mol. The Bertz CT molecular complexity index is 796. The van der Waals surface area contributed by atoms with Gasteiger partial charge in [0.25, 0.3) is 0 Å². The number of hydrogen-bond acceptors (Lipinski definition) is 2. The molecule has 1 heterocycles. The normalized spacial score (nSPS) is 11.5. The van der Waals surface area contributed by atoms with Crippen LogP contribution in [0.5, 0.6) is 0 Å². The van der Waals surface area contributed by atoms with Crippen molar-refractivity contribution in [2.75, 3.05) is 5.32 Å². The second-order valence-corrected chi connectivity index (χ2v) is 5.30. The molecular weight excluding hydrogens is 327 g/mol. The zero-order chi connectivity index (χ0) is 16.4. The zero-order valence-corrected chi connectivity index (χ0v) is 12.4. The van der Waals surface area contributed by atoms with Gasteiger partial charge in [-0.05, 0) is 35.4 Å². The number of benzene rings is 2. The third kappa shape index (κ3) is 3.48. The molecule has 0 aliphatic rings. The van der Waals surface area contributed by atoms with Crippen LogP contribution in [0.1, 0.15) is 5.56 Å². The van der Waals surface area contributed by atoms with Crippen LogP contribution in [0, 0.1) is 0 Å². The van der Waals surface area contributed by atoms with Gasteiger partial charge >= 0.3 is 6.18 Å². The maximum absolute atomic E-state index is 13.3. The fraction of sp³-hybridized carbons (Fsp3) is 0.0625. The molecule has 3 rings (SSSR count). The monoisotopic (exact) mass is 337 g/mol. The summed E-state index contributed by atoms with van der Waals surface area (Å²) < 4.78 is 40.0. The highest BCUT2D eigenvalue weighted by molar-refractivity contribution is 6.30. The molecule has 0 saturated carbocycles. The fourth-order valence-electron chi connectivity index (χ4n) is 2.18. The topological polar surface area (TPSA) is 40.7 Å². The predicted molar refractivity (Wildman–Crippen MR) is 83.8 cm³/mol. The molecule has 3 aromatic rings. The van der Waals surface area contributed by atoms with Crippen molar-refractivity contribution >= 4 is 23.1 Å². The van der Waals surface area contributed by atoms with E-state index in [1.807, 2.05) is 0 Å². The minimum Gasteiger partial charge on any atom is -0.340 e. The van der Waals surface area contributed by atoms with Crippen LogP contribution < -0.4 is 5.32 Å². The van der Waals surface area contributed by atoms with E-state index in [1.165, 1.54) is 12.3 Å². The number of rotatable bonds is 3. The van der Waals surface area contributed by atoms with Gasteiger partial charge in [-0.2, -0.15) is 18.3 Å². The molecule has 0 amide bonds. The lowest BCUT2D eigenvalue weighted by Crippen LogP contribution is -2.09. The number of aromatic nitrogens is 2. The van der Waals surface area contributed by atoms with E-state index in [4.69, 9.17) is 11.6 Å². The Balaban J connectivity index is 2.03. The van der Waals surface area contributed by atoms with E-state index < -0.39 is 11.7 Å². The Morgan fingerprint density at radius 1 is 0.957 bits per heavy atom. The van der Waals surface area contributed by atoms with Crippen LogP contribution in [0.3, 0.4) is 0 Å². The SMILES string of the molecule is FC(F)(F)c1cc(-c2ccc(Cl)cc2)ccc1Nc1ccn[nH]1. The van der Waals surface area contributed by atoms with E-state index in [1.54, 1.807) is 36.4 Å². The summed E-state index contributed by atoms with van der Waals surface area (Å²) in [6, 6.07) is 12.3. The number of nitrogens with one attached hydrogen (secondary N) is 2. The maximum Gasteiger partial charge on any atom is 0.418 e. The number of nitrogens with zero attached hydrogens (tertiary/aromatic N) is 1. The molecule has 0 unspecified atom stereocenters. The largest absolute Gasteiger partial charge is 0.418 e. The van der Waals surface area contributed by atoms with Crippen molar-refractivity contribution in [3.63, 3.8) is 0 Å². The Morgan fingerprint density at radius 2 is 1.65 bits per heavy atom. The van der Waals surface area contributed by atoms with Crippen LogP contribution in [-0.2, 0) is 6.18 Å². The summed E-state index contributed by atoms with van der Waals surface area (Å²) in [5, 5.41) is 9.49. The van der Waals surface area contributed by atoms with Crippen molar-refractivity contribution in [1.29, 1.82) is 0 Å². The van der Waals surface area contributed by atoms with E-state index in [9.17, 15) is 13.2 Å². The summed E-state index contributed by atoms with van der Waals surface area (Å²) in [7, 11) is 0. The molecule has 0 saturated heterocycles. The van der Waals surface area contributed by atoms with Crippen LogP contribution in [-0.4, -0.2) is 10.2 Å². The van der Waals surface area contributed by atoms with Gasteiger partial charge in [-0.1, -0.05) is 29.8 Å². The van der Waals surface area contributed by atoms with E-state index in [0.717, 1.165) is 6.07 Å². The van der Waals surface area contributed by atoms with Gasteiger partial charge in [0.15, 0.2) is 0 Å². The van der Waals surface area contributed by atoms with Crippen molar-refractivity contribution in [2.45, 2.75) is 6.18 Å². The van der Waals surface area contributed by atoms with Crippen LogP contribution in [0.15, 0.2) is 54.7 Å². The van der Waals surface area contributed by atoms with Gasteiger partial charge in [0.1, 0.15) is 5.82 Å². The Labute approximate surface area is 135 Å². The molecule has 0 bridgehead atoms. The number of anilines is 2. The lowest BCUT2D eigenvalue weighted by molar-refractivity contribution is -0.136. The van der Waals surface area contributed by atoms with Crippen molar-refractivity contribution < 1.29 is 13.2 Å². The highest BCUT2D eigenvalue weighted by Crippen LogP contribution is 2.38. The Morgan fingerprint density at radius 3 is 2.26 bits per heavy atom. The molecule has 2 N–H and O–H groups in total. The Hall–Kier alpha value is -2.47. The van der Waals surface area contributed by atoms with Gasteiger partial charge in [0, 0.05) is 11.1 Å². The number of H-pyrrole nitrogens is 1. The van der Waals surface area contributed by atoms with Gasteiger partial charge < -0.3 is 5.32 Å². The first kappa shape index (κ1) is 15.4. The van der Waals surface area contributed by atoms with Crippen LogP contribution in [0.2, 0.25) is 5.02 Å². The second kappa shape index (κ2) is 5.96. The minimum absolute atomic E-state index is 0.0422. The van der Waals surface area contributed by atoms with Crippen molar-refractivity contribution in [2.24, 2.45) is 0 Å². The molecular formula is C16H11ClF3N3. The maximum atomic E-state index is 13.3. The first-order valence-electron chi connectivity index (χ1n) is 6.67. The first-order valence-corrected chi connectivity index (χ1v) is 7.05. The third-order valence-electron chi connectivity index (χ3n) is 3.27. The number of aromatic amines is 1. The summed E-state index contributed by atoms with van der Waals surface area (Å²) in [6.07, 6.45) is -3.03. The lowest BCUT2D eigenvalue weighted by Gasteiger charge is -2.15. The van der Waals surface area contributed by atoms with Crippen molar-refractivity contribution in [3.05, 3.63) is 65.3 Å². The predicted octanol–water partition coefficient (Wildman–Crippen LogP) is 5.49. The van der Waals surface area contributed by atoms with E-state index in [-0.39, 0.29) is 5.69 Å². The number of halogens is 4. The summed E-state index contributed by atoms with van der Waals surface area (Å²) in [5.41, 5.74) is 0.330. The molecule has 0 aliphatic carbocycles. The summed E-state index contributed by atoms with van der Waals surface area (Å²) in [4.78, 5) is 0. The molecule has 7 heteroatoms. The molecule has 0 spiro atoms. The van der Waals surface area contributed by atoms with Gasteiger partial charge in [0.05, 0.1) is 17.4 Å². The van der Waals surface area contributed by atoms with E-state index in [2.05, 4.69) is 15.5 Å². The van der Waals surface area contributed by atoms with E-state index >= 15 is 0 Å². The van der Waals surface area contributed by atoms with Crippen molar-refractivity contribution in [1.82, 2.24) is 10.2 Å².